The van der Waals surface area contributed by atoms with Crippen LogP contribution in [0.4, 0.5) is 4.79 Å². The molecule has 102 valence electrons. The van der Waals surface area contributed by atoms with E-state index in [0.29, 0.717) is 6.04 Å². The maximum Gasteiger partial charge on any atom is 0.411 e. The second-order valence-corrected chi connectivity index (χ2v) is 6.25. The lowest BCUT2D eigenvalue weighted by Crippen LogP contribution is -2.59. The van der Waals surface area contributed by atoms with E-state index in [0.717, 1.165) is 25.2 Å². The minimum atomic E-state index is -0.437. The maximum atomic E-state index is 12.3. The van der Waals surface area contributed by atoms with Crippen molar-refractivity contribution in [2.24, 2.45) is 5.92 Å². The summed E-state index contributed by atoms with van der Waals surface area (Å²) in [5.74, 6) is 0.764. The standard InChI is InChI=1S/C14H23NO3/c1-14(2,3)18-13(16)15-11(5-6-17-4)7-10-8-12(15)9-10/h5-6,10-12H,7-9H2,1-4H3/b6-5+. The molecule has 3 aliphatic rings. The van der Waals surface area contributed by atoms with Crippen LogP contribution in [0.25, 0.3) is 0 Å². The Labute approximate surface area is 109 Å². The Morgan fingerprint density at radius 1 is 1.28 bits per heavy atom. The quantitative estimate of drug-likeness (QED) is 0.710. The van der Waals surface area contributed by atoms with Gasteiger partial charge in [-0.3, -0.25) is 4.90 Å². The summed E-state index contributed by atoms with van der Waals surface area (Å²) < 4.78 is 10.5. The minimum absolute atomic E-state index is 0.122. The number of hydrogen-bond donors (Lipinski definition) is 0. The molecule has 18 heavy (non-hydrogen) atoms. The number of hydrogen-bond acceptors (Lipinski definition) is 3. The highest BCUT2D eigenvalue weighted by Crippen LogP contribution is 2.43. The smallest absolute Gasteiger partial charge is 0.411 e. The van der Waals surface area contributed by atoms with E-state index in [4.69, 9.17) is 9.47 Å². The van der Waals surface area contributed by atoms with Crippen molar-refractivity contribution in [2.45, 2.75) is 57.7 Å². The molecule has 0 N–H and O–H groups in total. The van der Waals surface area contributed by atoms with E-state index in [1.807, 2.05) is 31.7 Å². The number of carbonyl (C=O) groups is 1. The van der Waals surface area contributed by atoms with E-state index < -0.39 is 5.60 Å². The van der Waals surface area contributed by atoms with Crippen molar-refractivity contribution in [1.82, 2.24) is 4.90 Å². The molecule has 4 heteroatoms. The summed E-state index contributed by atoms with van der Waals surface area (Å²) in [6.45, 7) is 5.70. The Kier molecular flexibility index (Phi) is 3.55. The highest BCUT2D eigenvalue weighted by molar-refractivity contribution is 5.70. The summed E-state index contributed by atoms with van der Waals surface area (Å²) in [6.07, 6.45) is 6.69. The molecule has 0 spiro atoms. The summed E-state index contributed by atoms with van der Waals surface area (Å²) in [4.78, 5) is 14.1. The van der Waals surface area contributed by atoms with Crippen LogP contribution in [0.1, 0.15) is 40.0 Å². The Hall–Kier alpha value is -1.19. The summed E-state index contributed by atoms with van der Waals surface area (Å²) in [6, 6.07) is 0.474. The molecule has 0 aromatic heterocycles. The van der Waals surface area contributed by atoms with Crippen molar-refractivity contribution in [1.29, 1.82) is 0 Å². The van der Waals surface area contributed by atoms with Gasteiger partial charge in [0.15, 0.2) is 0 Å². The van der Waals surface area contributed by atoms with E-state index in [1.54, 1.807) is 13.4 Å². The molecule has 2 saturated heterocycles. The first-order valence-corrected chi connectivity index (χ1v) is 6.61. The average Bonchev–Trinajstić information content (AvgIpc) is 2.22. The zero-order chi connectivity index (χ0) is 13.3. The van der Waals surface area contributed by atoms with Gasteiger partial charge in [-0.2, -0.15) is 0 Å². The number of piperidine rings is 2. The van der Waals surface area contributed by atoms with Crippen LogP contribution < -0.4 is 0 Å². The van der Waals surface area contributed by atoms with Crippen molar-refractivity contribution in [3.05, 3.63) is 12.3 Å². The molecule has 0 aromatic rings. The van der Waals surface area contributed by atoms with Crippen molar-refractivity contribution in [2.75, 3.05) is 7.11 Å². The van der Waals surface area contributed by atoms with Crippen LogP contribution in [-0.2, 0) is 9.47 Å². The molecule has 0 radical (unpaired) electrons. The molecule has 1 unspecified atom stereocenters. The van der Waals surface area contributed by atoms with E-state index in [1.165, 1.54) is 0 Å². The summed E-state index contributed by atoms with van der Waals surface area (Å²) >= 11 is 0. The van der Waals surface area contributed by atoms with Crippen LogP contribution >= 0.6 is 0 Å². The molecular formula is C14H23NO3. The van der Waals surface area contributed by atoms with Crippen molar-refractivity contribution in [3.63, 3.8) is 0 Å². The molecule has 2 heterocycles. The number of amides is 1. The molecule has 1 atom stereocenters. The highest BCUT2D eigenvalue weighted by atomic mass is 16.6. The van der Waals surface area contributed by atoms with Gasteiger partial charge in [0, 0.05) is 6.04 Å². The van der Waals surface area contributed by atoms with Gasteiger partial charge in [0.05, 0.1) is 19.4 Å². The maximum absolute atomic E-state index is 12.3. The molecule has 3 rings (SSSR count). The SMILES string of the molecule is CO/C=C/C1CC2CC(C2)N1C(=O)OC(C)(C)C. The first-order valence-electron chi connectivity index (χ1n) is 6.61. The number of fused-ring (bicyclic) bond motifs is 2. The molecule has 0 aromatic carbocycles. The summed E-state index contributed by atoms with van der Waals surface area (Å²) in [5, 5.41) is 0. The third-order valence-electron chi connectivity index (χ3n) is 3.58. The molecule has 3 fully saturated rings. The van der Waals surface area contributed by atoms with Gasteiger partial charge < -0.3 is 9.47 Å². The average molecular weight is 253 g/mol. The van der Waals surface area contributed by atoms with Gasteiger partial charge in [-0.15, -0.1) is 0 Å². The number of nitrogens with zero attached hydrogens (tertiary/aromatic N) is 1. The van der Waals surface area contributed by atoms with Gasteiger partial charge in [-0.25, -0.2) is 4.79 Å². The zero-order valence-corrected chi connectivity index (χ0v) is 11.7. The molecule has 2 aliphatic heterocycles. The second-order valence-electron chi connectivity index (χ2n) is 6.25. The van der Waals surface area contributed by atoms with E-state index in [2.05, 4.69) is 0 Å². The summed E-state index contributed by atoms with van der Waals surface area (Å²) in [7, 11) is 1.62. The Balaban J connectivity index is 2.06. The third kappa shape index (κ3) is 2.79. The van der Waals surface area contributed by atoms with Gasteiger partial charge in [0.2, 0.25) is 0 Å². The van der Waals surface area contributed by atoms with Crippen molar-refractivity contribution >= 4 is 6.09 Å². The lowest BCUT2D eigenvalue weighted by Gasteiger charge is -2.52. The lowest BCUT2D eigenvalue weighted by atomic mass is 9.71. The van der Waals surface area contributed by atoms with Crippen LogP contribution in [0.3, 0.4) is 0 Å². The fourth-order valence-corrected chi connectivity index (χ4v) is 2.79. The van der Waals surface area contributed by atoms with Crippen LogP contribution in [0, 0.1) is 5.92 Å². The minimum Gasteiger partial charge on any atom is -0.505 e. The monoisotopic (exact) mass is 253 g/mol. The lowest BCUT2D eigenvalue weighted by molar-refractivity contribution is -0.0413. The number of methoxy groups -OCH3 is 1. The van der Waals surface area contributed by atoms with Crippen molar-refractivity contribution in [3.8, 4) is 0 Å². The van der Waals surface area contributed by atoms with Crippen molar-refractivity contribution < 1.29 is 14.3 Å². The molecule has 2 bridgehead atoms. The second kappa shape index (κ2) is 4.82. The Bertz CT molecular complexity index is 339. The van der Waals surface area contributed by atoms with E-state index >= 15 is 0 Å². The molecule has 1 aliphatic carbocycles. The molecule has 4 nitrogen and oxygen atoms in total. The van der Waals surface area contributed by atoms with Crippen LogP contribution in [0.2, 0.25) is 0 Å². The van der Waals surface area contributed by atoms with Crippen LogP contribution in [0.5, 0.6) is 0 Å². The number of rotatable bonds is 2. The van der Waals surface area contributed by atoms with Gasteiger partial charge in [0.1, 0.15) is 5.60 Å². The van der Waals surface area contributed by atoms with Crippen LogP contribution in [0.15, 0.2) is 12.3 Å². The fraction of sp³-hybridized carbons (Fsp3) is 0.786. The van der Waals surface area contributed by atoms with Gasteiger partial charge in [0.25, 0.3) is 0 Å². The number of carbonyl (C=O) groups excluding carboxylic acids is 1. The molecule has 1 saturated carbocycles. The van der Waals surface area contributed by atoms with E-state index in [-0.39, 0.29) is 12.1 Å². The summed E-state index contributed by atoms with van der Waals surface area (Å²) in [5.41, 5.74) is -0.437. The van der Waals surface area contributed by atoms with Crippen LogP contribution in [-0.4, -0.2) is 35.8 Å². The third-order valence-corrected chi connectivity index (χ3v) is 3.58. The molecule has 1 amide bonds. The van der Waals surface area contributed by atoms with E-state index in [9.17, 15) is 4.79 Å². The fourth-order valence-electron chi connectivity index (χ4n) is 2.79. The predicted molar refractivity (Wildman–Crippen MR) is 69.1 cm³/mol. The molecular weight excluding hydrogens is 230 g/mol. The first kappa shape index (κ1) is 13.2. The number of ether oxygens (including phenoxy) is 2. The largest absolute Gasteiger partial charge is 0.505 e. The predicted octanol–water partition coefficient (Wildman–Crippen LogP) is 2.93. The van der Waals surface area contributed by atoms with Gasteiger partial charge in [-0.1, -0.05) is 0 Å². The van der Waals surface area contributed by atoms with Gasteiger partial charge >= 0.3 is 6.09 Å². The highest BCUT2D eigenvalue weighted by Gasteiger charge is 2.46. The Morgan fingerprint density at radius 2 is 1.94 bits per heavy atom. The first-order chi connectivity index (χ1) is 8.40. The van der Waals surface area contributed by atoms with Gasteiger partial charge in [-0.05, 0) is 52.0 Å². The topological polar surface area (TPSA) is 38.8 Å². The normalized spacial score (nSPS) is 31.1. The Morgan fingerprint density at radius 3 is 2.50 bits per heavy atom. The zero-order valence-electron chi connectivity index (χ0n) is 11.7.